The fourth-order valence-corrected chi connectivity index (χ4v) is 4.37. The van der Waals surface area contributed by atoms with E-state index in [0.29, 0.717) is 24.7 Å². The number of sulfonamides is 1. The number of rotatable bonds is 4. The van der Waals surface area contributed by atoms with E-state index in [1.165, 1.54) is 10.4 Å². The summed E-state index contributed by atoms with van der Waals surface area (Å²) in [5, 5.41) is 0. The zero-order valence-electron chi connectivity index (χ0n) is 13.7. The number of hydrogen-bond donors (Lipinski definition) is 0. The van der Waals surface area contributed by atoms with Gasteiger partial charge in [-0.3, -0.25) is 4.98 Å². The average molecular weight is 386 g/mol. The van der Waals surface area contributed by atoms with Gasteiger partial charge in [-0.05, 0) is 43.2 Å². The van der Waals surface area contributed by atoms with E-state index in [-0.39, 0.29) is 24.1 Å². The molecule has 2 aromatic rings. The third kappa shape index (κ3) is 4.16. The first-order valence-electron chi connectivity index (χ1n) is 8.01. The van der Waals surface area contributed by atoms with Crippen LogP contribution >= 0.6 is 0 Å². The molecule has 0 amide bonds. The lowest BCUT2D eigenvalue weighted by atomic mass is 10.1. The first kappa shape index (κ1) is 18.7. The fraction of sp³-hybridized carbons (Fsp3) is 0.353. The average Bonchev–Trinajstić information content (AvgIpc) is 2.62. The minimum absolute atomic E-state index is 0.0842. The number of pyridine rings is 1. The van der Waals surface area contributed by atoms with Crippen LogP contribution in [0.3, 0.4) is 0 Å². The van der Waals surface area contributed by atoms with Crippen molar-refractivity contribution >= 4 is 10.0 Å². The lowest BCUT2D eigenvalue weighted by Crippen LogP contribution is -2.44. The number of hydrogen-bond acceptors (Lipinski definition) is 4. The maximum Gasteiger partial charge on any atom is 0.416 e. The molecule has 3 rings (SSSR count). The van der Waals surface area contributed by atoms with Gasteiger partial charge < -0.3 is 4.74 Å². The van der Waals surface area contributed by atoms with Crippen molar-refractivity contribution in [1.82, 2.24) is 9.29 Å². The fourth-order valence-electron chi connectivity index (χ4n) is 2.81. The van der Waals surface area contributed by atoms with Gasteiger partial charge >= 0.3 is 6.18 Å². The second-order valence-electron chi connectivity index (χ2n) is 5.95. The minimum Gasteiger partial charge on any atom is -0.489 e. The largest absolute Gasteiger partial charge is 0.489 e. The van der Waals surface area contributed by atoms with Gasteiger partial charge in [-0.1, -0.05) is 6.07 Å². The van der Waals surface area contributed by atoms with Crippen LogP contribution in [0.1, 0.15) is 18.4 Å². The molecular formula is C17H17F3N2O3S. The van der Waals surface area contributed by atoms with E-state index < -0.39 is 21.8 Å². The van der Waals surface area contributed by atoms with Gasteiger partial charge in [-0.25, -0.2) is 8.42 Å². The zero-order chi connectivity index (χ0) is 18.8. The quantitative estimate of drug-likeness (QED) is 0.809. The van der Waals surface area contributed by atoms with Gasteiger partial charge in [0.2, 0.25) is 10.0 Å². The van der Waals surface area contributed by atoms with Crippen molar-refractivity contribution in [3.05, 3.63) is 54.4 Å². The topological polar surface area (TPSA) is 59.5 Å². The molecule has 1 saturated heterocycles. The first-order chi connectivity index (χ1) is 12.3. The van der Waals surface area contributed by atoms with Gasteiger partial charge in [0.1, 0.15) is 11.9 Å². The monoisotopic (exact) mass is 386 g/mol. The molecule has 0 bridgehead atoms. The Balaban J connectivity index is 1.79. The first-order valence-corrected chi connectivity index (χ1v) is 9.45. The lowest BCUT2D eigenvalue weighted by molar-refractivity contribution is -0.137. The van der Waals surface area contributed by atoms with E-state index in [2.05, 4.69) is 4.98 Å². The second-order valence-corrected chi connectivity index (χ2v) is 7.89. The van der Waals surface area contributed by atoms with Gasteiger partial charge in [0, 0.05) is 18.9 Å². The summed E-state index contributed by atoms with van der Waals surface area (Å²) in [5.74, 6) is 0.573. The molecule has 9 heteroatoms. The van der Waals surface area contributed by atoms with Crippen LogP contribution < -0.4 is 4.74 Å². The van der Waals surface area contributed by atoms with Crippen molar-refractivity contribution in [2.75, 3.05) is 13.1 Å². The molecule has 140 valence electrons. The molecule has 1 fully saturated rings. The summed E-state index contributed by atoms with van der Waals surface area (Å²) in [4.78, 5) is 3.52. The summed E-state index contributed by atoms with van der Waals surface area (Å²) < 4.78 is 71.1. The third-order valence-corrected chi connectivity index (χ3v) is 5.95. The molecule has 0 N–H and O–H groups in total. The predicted octanol–water partition coefficient (Wildman–Crippen LogP) is 3.33. The van der Waals surface area contributed by atoms with Crippen LogP contribution in [0, 0.1) is 0 Å². The van der Waals surface area contributed by atoms with Gasteiger partial charge in [0.05, 0.1) is 17.0 Å². The Morgan fingerprint density at radius 3 is 2.58 bits per heavy atom. The maximum atomic E-state index is 12.9. The molecule has 1 aliphatic rings. The third-order valence-electron chi connectivity index (χ3n) is 4.09. The van der Waals surface area contributed by atoms with Crippen LogP contribution in [0.5, 0.6) is 5.75 Å². The summed E-state index contributed by atoms with van der Waals surface area (Å²) in [5.41, 5.74) is -0.986. The van der Waals surface area contributed by atoms with Crippen molar-refractivity contribution in [2.45, 2.75) is 30.0 Å². The van der Waals surface area contributed by atoms with Crippen LogP contribution in [0.2, 0.25) is 0 Å². The van der Waals surface area contributed by atoms with Crippen molar-refractivity contribution < 1.29 is 26.3 Å². The molecule has 2 heterocycles. The Hall–Kier alpha value is -2.13. The summed E-state index contributed by atoms with van der Waals surface area (Å²) >= 11 is 0. The zero-order valence-corrected chi connectivity index (χ0v) is 14.5. The van der Waals surface area contributed by atoms with Gasteiger partial charge in [-0.2, -0.15) is 17.5 Å². The van der Waals surface area contributed by atoms with Crippen LogP contribution in [-0.2, 0) is 16.2 Å². The molecule has 1 aromatic heterocycles. The Morgan fingerprint density at radius 2 is 1.88 bits per heavy atom. The Kier molecular flexibility index (Phi) is 5.19. The molecule has 1 aliphatic heterocycles. The highest BCUT2D eigenvalue weighted by atomic mass is 32.2. The minimum atomic E-state index is -4.60. The SMILES string of the molecule is O=S(=O)(c1cccc(C(F)(F)F)c1)N1CCC[C@H](Oc2ccncc2)C1. The van der Waals surface area contributed by atoms with E-state index in [1.54, 1.807) is 24.5 Å². The number of benzene rings is 1. The molecule has 0 saturated carbocycles. The standard InChI is InChI=1S/C17H17F3N2O3S/c18-17(19,20)13-3-1-5-16(11-13)26(23,24)22-10-2-4-15(12-22)25-14-6-8-21-9-7-14/h1,3,5-9,11,15H,2,4,10,12H2/t15-/m0/s1. The molecule has 0 radical (unpaired) electrons. The maximum absolute atomic E-state index is 12.9. The summed E-state index contributed by atoms with van der Waals surface area (Å²) in [7, 11) is -4.03. The van der Waals surface area contributed by atoms with E-state index in [4.69, 9.17) is 4.74 Å². The second kappa shape index (κ2) is 7.24. The molecule has 1 atom stereocenters. The van der Waals surface area contributed by atoms with E-state index in [1.807, 2.05) is 0 Å². The molecule has 0 spiro atoms. The van der Waals surface area contributed by atoms with Crippen LogP contribution in [0.4, 0.5) is 13.2 Å². The Bertz CT molecular complexity index is 857. The predicted molar refractivity (Wildman–Crippen MR) is 88.1 cm³/mol. The Morgan fingerprint density at radius 1 is 1.15 bits per heavy atom. The highest BCUT2D eigenvalue weighted by Crippen LogP contribution is 2.31. The van der Waals surface area contributed by atoms with Gasteiger partial charge in [0.15, 0.2) is 0 Å². The smallest absolute Gasteiger partial charge is 0.416 e. The van der Waals surface area contributed by atoms with Crippen molar-refractivity contribution in [1.29, 1.82) is 0 Å². The van der Waals surface area contributed by atoms with Crippen molar-refractivity contribution in [3.63, 3.8) is 0 Å². The number of halogens is 3. The molecule has 0 aliphatic carbocycles. The summed E-state index contributed by atoms with van der Waals surface area (Å²) in [6.07, 6.45) is -0.609. The van der Waals surface area contributed by atoms with Crippen molar-refractivity contribution in [3.8, 4) is 5.75 Å². The lowest BCUT2D eigenvalue weighted by Gasteiger charge is -2.32. The highest BCUT2D eigenvalue weighted by Gasteiger charge is 2.35. The molecular weight excluding hydrogens is 369 g/mol. The van der Waals surface area contributed by atoms with Crippen molar-refractivity contribution in [2.24, 2.45) is 0 Å². The van der Waals surface area contributed by atoms with Gasteiger partial charge in [0.25, 0.3) is 0 Å². The number of alkyl halides is 3. The normalized spacial score (nSPS) is 19.3. The molecule has 0 unspecified atom stereocenters. The van der Waals surface area contributed by atoms with E-state index in [9.17, 15) is 21.6 Å². The Labute approximate surface area is 149 Å². The molecule has 26 heavy (non-hydrogen) atoms. The van der Waals surface area contributed by atoms with E-state index in [0.717, 1.165) is 12.1 Å². The van der Waals surface area contributed by atoms with Gasteiger partial charge in [-0.15, -0.1) is 0 Å². The molecule has 5 nitrogen and oxygen atoms in total. The van der Waals surface area contributed by atoms with E-state index >= 15 is 0 Å². The van der Waals surface area contributed by atoms with Crippen LogP contribution in [-0.4, -0.2) is 36.9 Å². The summed E-state index contributed by atoms with van der Waals surface area (Å²) in [6.45, 7) is 0.329. The van der Waals surface area contributed by atoms with Crippen LogP contribution in [0.15, 0.2) is 53.7 Å². The van der Waals surface area contributed by atoms with Crippen LogP contribution in [0.25, 0.3) is 0 Å². The number of ether oxygens (including phenoxy) is 1. The number of aromatic nitrogens is 1. The summed E-state index contributed by atoms with van der Waals surface area (Å²) in [6, 6.07) is 7.14. The molecule has 1 aromatic carbocycles. The highest BCUT2D eigenvalue weighted by molar-refractivity contribution is 7.89. The number of piperidine rings is 1. The number of nitrogens with zero attached hydrogens (tertiary/aromatic N) is 2.